The molecule has 0 saturated heterocycles. The fourth-order valence-corrected chi connectivity index (χ4v) is 7.64. The normalized spacial score (nSPS) is 17.8. The second-order valence-electron chi connectivity index (χ2n) is 12.5. The topological polar surface area (TPSA) is 29.5 Å². The fourth-order valence-electron chi connectivity index (χ4n) is 7.64. The van der Waals surface area contributed by atoms with Crippen molar-refractivity contribution in [1.29, 1.82) is 0 Å². The van der Waals surface area contributed by atoms with E-state index in [1.54, 1.807) is 12.7 Å². The Balaban J connectivity index is 1.72. The highest BCUT2D eigenvalue weighted by atomic mass is 16.5. The molecule has 5 rings (SSSR count). The van der Waals surface area contributed by atoms with Crippen molar-refractivity contribution in [1.82, 2.24) is 0 Å². The maximum atomic E-state index is 10.4. The molecule has 208 valence electrons. The van der Waals surface area contributed by atoms with Gasteiger partial charge in [0, 0.05) is 5.92 Å². The lowest BCUT2D eigenvalue weighted by atomic mass is 9.74. The van der Waals surface area contributed by atoms with E-state index in [1.165, 1.54) is 109 Å². The Labute approximate surface area is 236 Å². The summed E-state index contributed by atoms with van der Waals surface area (Å²) < 4.78 is 5.83. The van der Waals surface area contributed by atoms with E-state index < -0.39 is 0 Å². The van der Waals surface area contributed by atoms with E-state index in [0.29, 0.717) is 11.8 Å². The molecule has 2 aliphatic carbocycles. The van der Waals surface area contributed by atoms with Gasteiger partial charge in [-0.25, -0.2) is 0 Å². The molecule has 0 spiro atoms. The first kappa shape index (κ1) is 28.0. The summed E-state index contributed by atoms with van der Waals surface area (Å²) in [7, 11) is 1.78. The standard InChI is InChI=1S/C37H48O2/c1-24-16-17-30(20-36(24)39-5)37(33-21-32(25(2)18-26(33)3)28-12-8-6-9-13-28)34-22-35(29-14-10-7-11-15-29)31(23-38)19-27(34)4/h16-22,28-29,37-38H,6-15,23H2,1-5H3. The molecule has 2 heteroatoms. The summed E-state index contributed by atoms with van der Waals surface area (Å²) in [5.74, 6) is 2.29. The van der Waals surface area contributed by atoms with Gasteiger partial charge in [-0.3, -0.25) is 0 Å². The van der Waals surface area contributed by atoms with Crippen molar-refractivity contribution in [2.75, 3.05) is 7.11 Å². The molecule has 1 N–H and O–H groups in total. The molecule has 0 aliphatic heterocycles. The molecule has 3 aromatic carbocycles. The van der Waals surface area contributed by atoms with Crippen LogP contribution in [0.3, 0.4) is 0 Å². The second kappa shape index (κ2) is 12.3. The summed E-state index contributed by atoms with van der Waals surface area (Å²) in [5, 5.41) is 10.4. The van der Waals surface area contributed by atoms with Gasteiger partial charge >= 0.3 is 0 Å². The average Bonchev–Trinajstić information content (AvgIpc) is 2.96. The van der Waals surface area contributed by atoms with Gasteiger partial charge in [0.05, 0.1) is 13.7 Å². The molecule has 2 nitrogen and oxygen atoms in total. The van der Waals surface area contributed by atoms with Gasteiger partial charge in [-0.15, -0.1) is 0 Å². The van der Waals surface area contributed by atoms with E-state index in [0.717, 1.165) is 11.3 Å². The average molecular weight is 525 g/mol. The van der Waals surface area contributed by atoms with Crippen LogP contribution in [0.25, 0.3) is 0 Å². The van der Waals surface area contributed by atoms with Crippen molar-refractivity contribution in [3.63, 3.8) is 0 Å². The van der Waals surface area contributed by atoms with Crippen molar-refractivity contribution in [2.24, 2.45) is 0 Å². The molecule has 1 atom stereocenters. The van der Waals surface area contributed by atoms with Gasteiger partial charge in [-0.05, 0) is 127 Å². The Morgan fingerprint density at radius 3 is 1.82 bits per heavy atom. The Kier molecular flexibility index (Phi) is 8.82. The molecule has 2 saturated carbocycles. The molecule has 0 radical (unpaired) electrons. The van der Waals surface area contributed by atoms with E-state index in [1.807, 2.05) is 0 Å². The quantitative estimate of drug-likeness (QED) is 0.312. The third-order valence-electron chi connectivity index (χ3n) is 9.83. The molecular weight excluding hydrogens is 476 g/mol. The zero-order valence-electron chi connectivity index (χ0n) is 24.9. The molecule has 0 bridgehead atoms. The number of hydrogen-bond acceptors (Lipinski definition) is 2. The molecule has 0 aromatic heterocycles. The lowest BCUT2D eigenvalue weighted by molar-refractivity contribution is 0.278. The van der Waals surface area contributed by atoms with Crippen LogP contribution in [0.4, 0.5) is 0 Å². The monoisotopic (exact) mass is 524 g/mol. The molecular formula is C37H48O2. The first-order chi connectivity index (χ1) is 18.9. The van der Waals surface area contributed by atoms with E-state index in [-0.39, 0.29) is 12.5 Å². The fraction of sp³-hybridized carbons (Fsp3) is 0.514. The first-order valence-corrected chi connectivity index (χ1v) is 15.4. The number of aliphatic hydroxyl groups excluding tert-OH is 1. The summed E-state index contributed by atoms with van der Waals surface area (Å²) in [6, 6.07) is 16.6. The van der Waals surface area contributed by atoms with Crippen molar-refractivity contribution < 1.29 is 9.84 Å². The van der Waals surface area contributed by atoms with Crippen LogP contribution in [0, 0.1) is 27.7 Å². The van der Waals surface area contributed by atoms with Gasteiger partial charge in [0.2, 0.25) is 0 Å². The van der Waals surface area contributed by atoms with Crippen LogP contribution < -0.4 is 4.74 Å². The molecule has 0 amide bonds. The maximum absolute atomic E-state index is 10.4. The number of methoxy groups -OCH3 is 1. The van der Waals surface area contributed by atoms with Gasteiger partial charge in [-0.1, -0.05) is 74.9 Å². The minimum Gasteiger partial charge on any atom is -0.496 e. The van der Waals surface area contributed by atoms with E-state index >= 15 is 0 Å². The Bertz CT molecular complexity index is 1290. The first-order valence-electron chi connectivity index (χ1n) is 15.4. The number of benzene rings is 3. The molecule has 39 heavy (non-hydrogen) atoms. The largest absolute Gasteiger partial charge is 0.496 e. The summed E-state index contributed by atoms with van der Waals surface area (Å²) in [4.78, 5) is 0. The number of aliphatic hydroxyl groups is 1. The summed E-state index contributed by atoms with van der Waals surface area (Å²) >= 11 is 0. The lowest BCUT2D eigenvalue weighted by Crippen LogP contribution is -2.14. The SMILES string of the molecule is COc1cc(C(c2cc(C3CCCCC3)c(C)cc2C)c2cc(C3CCCCC3)c(CO)cc2C)ccc1C. The second-order valence-corrected chi connectivity index (χ2v) is 12.5. The minimum absolute atomic E-state index is 0.116. The highest BCUT2D eigenvalue weighted by Crippen LogP contribution is 2.44. The van der Waals surface area contributed by atoms with Crippen LogP contribution >= 0.6 is 0 Å². The number of aryl methyl sites for hydroxylation is 4. The third-order valence-corrected chi connectivity index (χ3v) is 9.83. The molecule has 2 aliphatic rings. The lowest BCUT2D eigenvalue weighted by Gasteiger charge is -2.30. The van der Waals surface area contributed by atoms with Gasteiger partial charge in [0.1, 0.15) is 5.75 Å². The Morgan fingerprint density at radius 2 is 1.23 bits per heavy atom. The molecule has 2 fully saturated rings. The van der Waals surface area contributed by atoms with Crippen LogP contribution in [0.5, 0.6) is 5.75 Å². The van der Waals surface area contributed by atoms with Crippen LogP contribution in [0.2, 0.25) is 0 Å². The third kappa shape index (κ3) is 5.82. The molecule has 3 aromatic rings. The predicted molar refractivity (Wildman–Crippen MR) is 163 cm³/mol. The maximum Gasteiger partial charge on any atom is 0.122 e. The van der Waals surface area contributed by atoms with Gasteiger partial charge in [-0.2, -0.15) is 0 Å². The minimum atomic E-state index is 0.116. The Hall–Kier alpha value is -2.58. The number of hydrogen-bond donors (Lipinski definition) is 1. The highest BCUT2D eigenvalue weighted by molar-refractivity contribution is 5.55. The van der Waals surface area contributed by atoms with Gasteiger partial charge in [0.25, 0.3) is 0 Å². The van der Waals surface area contributed by atoms with Gasteiger partial charge in [0.15, 0.2) is 0 Å². The number of rotatable bonds is 7. The smallest absolute Gasteiger partial charge is 0.122 e. The highest BCUT2D eigenvalue weighted by Gasteiger charge is 2.27. The summed E-state index contributed by atoms with van der Waals surface area (Å²) in [6.45, 7) is 9.09. The number of ether oxygens (including phenoxy) is 1. The van der Waals surface area contributed by atoms with E-state index in [2.05, 4.69) is 70.2 Å². The van der Waals surface area contributed by atoms with Crippen molar-refractivity contribution in [3.05, 3.63) is 98.1 Å². The zero-order valence-corrected chi connectivity index (χ0v) is 24.9. The molecule has 1 unspecified atom stereocenters. The zero-order chi connectivity index (χ0) is 27.5. The van der Waals surface area contributed by atoms with Crippen LogP contribution in [-0.4, -0.2) is 12.2 Å². The van der Waals surface area contributed by atoms with Crippen LogP contribution in [-0.2, 0) is 6.61 Å². The van der Waals surface area contributed by atoms with Crippen molar-refractivity contribution >= 4 is 0 Å². The van der Waals surface area contributed by atoms with E-state index in [9.17, 15) is 5.11 Å². The van der Waals surface area contributed by atoms with Crippen molar-refractivity contribution in [2.45, 2.75) is 116 Å². The van der Waals surface area contributed by atoms with Crippen LogP contribution in [0.1, 0.15) is 138 Å². The molecule has 0 heterocycles. The predicted octanol–water partition coefficient (Wildman–Crippen LogP) is 9.70. The van der Waals surface area contributed by atoms with Gasteiger partial charge < -0.3 is 9.84 Å². The Morgan fingerprint density at radius 1 is 0.667 bits per heavy atom. The van der Waals surface area contributed by atoms with E-state index in [4.69, 9.17) is 4.74 Å². The summed E-state index contributed by atoms with van der Waals surface area (Å²) in [5.41, 5.74) is 13.4. The van der Waals surface area contributed by atoms with Crippen molar-refractivity contribution in [3.8, 4) is 5.75 Å². The summed E-state index contributed by atoms with van der Waals surface area (Å²) in [6.07, 6.45) is 13.1. The van der Waals surface area contributed by atoms with Crippen LogP contribution in [0.15, 0.2) is 42.5 Å².